The average Bonchev–Trinajstić information content (AvgIpc) is 3.31. The molecule has 1 fully saturated rings. The second-order valence-electron chi connectivity index (χ2n) is 6.72. The summed E-state index contributed by atoms with van der Waals surface area (Å²) in [6.07, 6.45) is 2.94. The van der Waals surface area contributed by atoms with Gasteiger partial charge in [0.05, 0.1) is 12.4 Å². The minimum Gasteiger partial charge on any atom is -0.493 e. The largest absolute Gasteiger partial charge is 0.493 e. The van der Waals surface area contributed by atoms with Crippen molar-refractivity contribution in [3.63, 3.8) is 0 Å². The summed E-state index contributed by atoms with van der Waals surface area (Å²) in [5.41, 5.74) is 0.632. The van der Waals surface area contributed by atoms with Crippen molar-refractivity contribution < 1.29 is 22.3 Å². The minimum atomic E-state index is -3.03. The zero-order chi connectivity index (χ0) is 18.1. The van der Waals surface area contributed by atoms with Crippen LogP contribution in [0.25, 0.3) is 0 Å². The molecule has 1 aliphatic rings. The van der Waals surface area contributed by atoms with Crippen LogP contribution in [0.2, 0.25) is 0 Å². The molecule has 25 heavy (non-hydrogen) atoms. The zero-order valence-corrected chi connectivity index (χ0v) is 14.7. The maximum Gasteiger partial charge on any atom is 0.193 e. The van der Waals surface area contributed by atoms with E-state index in [2.05, 4.69) is 0 Å². The van der Waals surface area contributed by atoms with E-state index in [1.807, 2.05) is 0 Å². The van der Waals surface area contributed by atoms with Crippen LogP contribution in [0.4, 0.5) is 4.39 Å². The minimum absolute atomic E-state index is 0.140. The first kappa shape index (κ1) is 17.6. The van der Waals surface area contributed by atoms with Crippen LogP contribution in [0.1, 0.15) is 28.8 Å². The van der Waals surface area contributed by atoms with Gasteiger partial charge in [-0.15, -0.1) is 0 Å². The highest BCUT2D eigenvalue weighted by atomic mass is 32.2. The number of benzene rings is 2. The van der Waals surface area contributed by atoms with E-state index in [4.69, 9.17) is 4.74 Å². The Labute approximate surface area is 146 Å². The van der Waals surface area contributed by atoms with E-state index in [0.29, 0.717) is 23.5 Å². The lowest BCUT2D eigenvalue weighted by atomic mass is 10.0. The van der Waals surface area contributed by atoms with Gasteiger partial charge >= 0.3 is 0 Å². The first-order chi connectivity index (χ1) is 11.8. The van der Waals surface area contributed by atoms with Crippen LogP contribution in [0.3, 0.4) is 0 Å². The van der Waals surface area contributed by atoms with Gasteiger partial charge in [-0.1, -0.05) is 0 Å². The van der Waals surface area contributed by atoms with Crippen molar-refractivity contribution in [2.75, 3.05) is 18.6 Å². The normalized spacial score (nSPS) is 15.6. The molecule has 2 aromatic carbocycles. The van der Waals surface area contributed by atoms with Gasteiger partial charge in [0.25, 0.3) is 0 Å². The van der Waals surface area contributed by atoms with Crippen molar-refractivity contribution in [2.24, 2.45) is 5.41 Å². The molecule has 0 radical (unpaired) electrons. The Morgan fingerprint density at radius 1 is 1.04 bits per heavy atom. The quantitative estimate of drug-likeness (QED) is 0.710. The molecule has 4 nitrogen and oxygen atoms in total. The number of rotatable bonds is 7. The Kier molecular flexibility index (Phi) is 4.64. The molecule has 2 aromatic rings. The summed E-state index contributed by atoms with van der Waals surface area (Å²) in [7, 11) is -3.03. The topological polar surface area (TPSA) is 60.4 Å². The van der Waals surface area contributed by atoms with Crippen molar-refractivity contribution in [1.82, 2.24) is 0 Å². The highest BCUT2D eigenvalue weighted by molar-refractivity contribution is 7.90. The number of carbonyl (C=O) groups excluding carboxylic acids is 1. The van der Waals surface area contributed by atoms with E-state index in [9.17, 15) is 17.6 Å². The van der Waals surface area contributed by atoms with Gasteiger partial charge in [-0.2, -0.15) is 0 Å². The van der Waals surface area contributed by atoms with Crippen LogP contribution >= 0.6 is 0 Å². The van der Waals surface area contributed by atoms with E-state index in [1.54, 1.807) is 24.3 Å². The Morgan fingerprint density at radius 2 is 1.56 bits per heavy atom. The lowest BCUT2D eigenvalue weighted by Crippen LogP contribution is -2.22. The summed E-state index contributed by atoms with van der Waals surface area (Å²) in [6.45, 7) is 0.353. The third kappa shape index (κ3) is 4.66. The molecular formula is C19H19FO4S. The predicted octanol–water partition coefficient (Wildman–Crippen LogP) is 3.26. The smallest absolute Gasteiger partial charge is 0.193 e. The first-order valence-electron chi connectivity index (χ1n) is 7.97. The van der Waals surface area contributed by atoms with Gasteiger partial charge < -0.3 is 4.74 Å². The van der Waals surface area contributed by atoms with Crippen molar-refractivity contribution in [2.45, 2.75) is 12.8 Å². The molecule has 0 spiro atoms. The Bertz CT molecular complexity index is 867. The van der Waals surface area contributed by atoms with E-state index >= 15 is 0 Å². The van der Waals surface area contributed by atoms with Crippen molar-refractivity contribution in [1.29, 1.82) is 0 Å². The van der Waals surface area contributed by atoms with E-state index < -0.39 is 9.84 Å². The summed E-state index contributed by atoms with van der Waals surface area (Å²) < 4.78 is 41.6. The van der Waals surface area contributed by atoms with E-state index in [1.165, 1.54) is 30.5 Å². The molecule has 0 saturated heterocycles. The maximum atomic E-state index is 12.9. The fraction of sp³-hybridized carbons (Fsp3) is 0.316. The molecule has 1 saturated carbocycles. The number of sulfone groups is 1. The fourth-order valence-corrected chi connectivity index (χ4v) is 4.25. The van der Waals surface area contributed by atoms with Gasteiger partial charge in [-0.25, -0.2) is 12.8 Å². The van der Waals surface area contributed by atoms with Crippen LogP contribution in [0, 0.1) is 11.2 Å². The number of ketones is 1. The molecule has 0 N–H and O–H groups in total. The Morgan fingerprint density at radius 3 is 2.04 bits per heavy atom. The van der Waals surface area contributed by atoms with E-state index in [0.717, 1.165) is 12.8 Å². The van der Waals surface area contributed by atoms with Crippen molar-refractivity contribution >= 4 is 15.6 Å². The van der Waals surface area contributed by atoms with E-state index in [-0.39, 0.29) is 22.8 Å². The second-order valence-corrected chi connectivity index (χ2v) is 8.86. The molecular weight excluding hydrogens is 343 g/mol. The second kappa shape index (κ2) is 6.59. The monoisotopic (exact) mass is 362 g/mol. The molecule has 6 heteroatoms. The number of carbonyl (C=O) groups is 1. The molecule has 0 aliphatic heterocycles. The molecule has 0 bridgehead atoms. The highest BCUT2D eigenvalue weighted by Crippen LogP contribution is 2.46. The van der Waals surface area contributed by atoms with Crippen molar-refractivity contribution in [3.05, 3.63) is 65.5 Å². The van der Waals surface area contributed by atoms with Gasteiger partial charge in [0, 0.05) is 22.8 Å². The molecule has 0 heterocycles. The van der Waals surface area contributed by atoms with Gasteiger partial charge in [0.1, 0.15) is 21.4 Å². The Balaban J connectivity index is 1.63. The molecule has 0 unspecified atom stereocenters. The molecule has 0 amide bonds. The molecule has 0 aromatic heterocycles. The maximum absolute atomic E-state index is 12.9. The van der Waals surface area contributed by atoms with Crippen LogP contribution in [0.15, 0.2) is 48.5 Å². The predicted molar refractivity (Wildman–Crippen MR) is 93.1 cm³/mol. The summed E-state index contributed by atoms with van der Waals surface area (Å²) in [6, 6.07) is 12.1. The highest BCUT2D eigenvalue weighted by Gasteiger charge is 2.46. The number of ether oxygens (including phenoxy) is 1. The van der Waals surface area contributed by atoms with Crippen LogP contribution < -0.4 is 4.74 Å². The van der Waals surface area contributed by atoms with Crippen LogP contribution in [0.5, 0.6) is 5.75 Å². The first-order valence-corrected chi connectivity index (χ1v) is 10.0. The van der Waals surface area contributed by atoms with Gasteiger partial charge in [-0.05, 0) is 61.4 Å². The van der Waals surface area contributed by atoms with Crippen LogP contribution in [-0.2, 0) is 9.84 Å². The van der Waals surface area contributed by atoms with Crippen molar-refractivity contribution in [3.8, 4) is 5.75 Å². The molecule has 0 atom stereocenters. The van der Waals surface area contributed by atoms with Crippen LogP contribution in [-0.4, -0.2) is 32.8 Å². The molecule has 3 rings (SSSR count). The molecule has 132 valence electrons. The summed E-state index contributed by atoms with van der Waals surface area (Å²) >= 11 is 0. The zero-order valence-electron chi connectivity index (χ0n) is 13.9. The Hall–Kier alpha value is -2.21. The standard InChI is InChI=1S/C19H19FO4S/c1-25(22,23)13-19(10-11-19)12-24-17-8-4-15(5-9-17)18(21)14-2-6-16(20)7-3-14/h2-9H,10-13H2,1H3. The summed E-state index contributed by atoms with van der Waals surface area (Å²) in [4.78, 5) is 12.3. The lowest BCUT2D eigenvalue weighted by Gasteiger charge is -2.15. The lowest BCUT2D eigenvalue weighted by molar-refractivity contribution is 0.103. The number of halogens is 1. The van der Waals surface area contributed by atoms with Gasteiger partial charge in [-0.3, -0.25) is 4.79 Å². The third-order valence-electron chi connectivity index (χ3n) is 4.29. The van der Waals surface area contributed by atoms with Gasteiger partial charge in [0.15, 0.2) is 5.78 Å². The SMILES string of the molecule is CS(=O)(=O)CC1(COc2ccc(C(=O)c3ccc(F)cc3)cc2)CC1. The van der Waals surface area contributed by atoms with Gasteiger partial charge in [0.2, 0.25) is 0 Å². The number of hydrogen-bond acceptors (Lipinski definition) is 4. The number of hydrogen-bond donors (Lipinski definition) is 0. The summed E-state index contributed by atoms with van der Waals surface area (Å²) in [5, 5.41) is 0. The third-order valence-corrected chi connectivity index (χ3v) is 5.43. The molecule has 1 aliphatic carbocycles. The fourth-order valence-electron chi connectivity index (χ4n) is 2.77. The summed E-state index contributed by atoms with van der Waals surface area (Å²) in [5.74, 6) is 0.155. The average molecular weight is 362 g/mol.